The molecular weight excluding hydrogens is 288 g/mol. The van der Waals surface area contributed by atoms with E-state index in [9.17, 15) is 10.2 Å². The maximum absolute atomic E-state index is 10.0. The first kappa shape index (κ1) is 15.6. The van der Waals surface area contributed by atoms with Gasteiger partial charge in [0.15, 0.2) is 23.0 Å². The average Bonchev–Trinajstić information content (AvgIpc) is 2.52. The Hall–Kier alpha value is -2.76. The predicted molar refractivity (Wildman–Crippen MR) is 81.4 cm³/mol. The van der Waals surface area contributed by atoms with E-state index >= 15 is 0 Å². The number of rotatable bonds is 5. The van der Waals surface area contributed by atoms with Crippen LogP contribution in [0.2, 0.25) is 0 Å². The zero-order valence-electron chi connectivity index (χ0n) is 12.8. The molecule has 0 aliphatic rings. The third-order valence-electron chi connectivity index (χ3n) is 3.25. The number of hydrogen-bond acceptors (Lipinski definition) is 6. The van der Waals surface area contributed by atoms with Crippen LogP contribution in [0.1, 0.15) is 0 Å². The van der Waals surface area contributed by atoms with Crippen LogP contribution in [0.25, 0.3) is 11.1 Å². The first-order valence-corrected chi connectivity index (χ1v) is 6.46. The van der Waals surface area contributed by atoms with E-state index in [1.165, 1.54) is 40.6 Å². The van der Waals surface area contributed by atoms with Gasteiger partial charge in [-0.1, -0.05) is 0 Å². The fourth-order valence-electron chi connectivity index (χ4n) is 2.22. The molecule has 2 N–H and O–H groups in total. The smallest absolute Gasteiger partial charge is 0.203 e. The van der Waals surface area contributed by atoms with Crippen molar-refractivity contribution in [2.45, 2.75) is 0 Å². The second kappa shape index (κ2) is 6.34. The Bertz CT molecular complexity index is 621. The van der Waals surface area contributed by atoms with Crippen LogP contribution in [0.3, 0.4) is 0 Å². The average molecular weight is 306 g/mol. The van der Waals surface area contributed by atoms with Crippen molar-refractivity contribution < 1.29 is 29.2 Å². The quantitative estimate of drug-likeness (QED) is 0.884. The summed E-state index contributed by atoms with van der Waals surface area (Å²) in [5.74, 6) is 1.13. The molecule has 0 saturated heterocycles. The molecule has 2 aromatic carbocycles. The maximum atomic E-state index is 10.0. The molecule has 2 aromatic rings. The second-order valence-corrected chi connectivity index (χ2v) is 4.46. The van der Waals surface area contributed by atoms with E-state index in [0.29, 0.717) is 22.6 Å². The largest absolute Gasteiger partial charge is 0.504 e. The van der Waals surface area contributed by atoms with E-state index in [1.54, 1.807) is 12.1 Å². The van der Waals surface area contributed by atoms with Gasteiger partial charge in [0.2, 0.25) is 11.5 Å². The highest BCUT2D eigenvalue weighted by Gasteiger charge is 2.16. The van der Waals surface area contributed by atoms with Crippen LogP contribution in [0.5, 0.6) is 34.5 Å². The standard InChI is InChI=1S/C16H18O6/c1-19-13-7-9(5-11(17)15(13)21-3)10-6-12(18)16(22-4)14(8-10)20-2/h5-8,17-18H,1-4H3. The molecule has 2 rings (SSSR count). The number of phenolic OH excluding ortho intramolecular Hbond substituents is 2. The Kier molecular flexibility index (Phi) is 4.50. The fraction of sp³-hybridized carbons (Fsp3) is 0.250. The number of aromatic hydroxyl groups is 2. The summed E-state index contributed by atoms with van der Waals surface area (Å²) in [6.07, 6.45) is 0. The molecule has 0 aromatic heterocycles. The SMILES string of the molecule is COc1cc(-c2cc(O)c(OC)c(OC)c2)cc(O)c1OC. The molecule has 0 aliphatic carbocycles. The van der Waals surface area contributed by atoms with Crippen LogP contribution < -0.4 is 18.9 Å². The van der Waals surface area contributed by atoms with Gasteiger partial charge in [-0.15, -0.1) is 0 Å². The number of hydrogen-bond donors (Lipinski definition) is 2. The lowest BCUT2D eigenvalue weighted by molar-refractivity contribution is 0.332. The topological polar surface area (TPSA) is 77.4 Å². The number of phenols is 2. The van der Waals surface area contributed by atoms with E-state index in [1.807, 2.05) is 0 Å². The molecule has 6 heteroatoms. The highest BCUT2D eigenvalue weighted by Crippen LogP contribution is 2.44. The summed E-state index contributed by atoms with van der Waals surface area (Å²) in [4.78, 5) is 0. The number of benzene rings is 2. The molecule has 0 radical (unpaired) electrons. The molecular formula is C16H18O6. The first-order valence-electron chi connectivity index (χ1n) is 6.46. The van der Waals surface area contributed by atoms with Crippen LogP contribution in [-0.4, -0.2) is 38.7 Å². The van der Waals surface area contributed by atoms with Crippen molar-refractivity contribution in [1.82, 2.24) is 0 Å². The van der Waals surface area contributed by atoms with Crippen LogP contribution in [0.15, 0.2) is 24.3 Å². The lowest BCUT2D eigenvalue weighted by Gasteiger charge is -2.14. The summed E-state index contributed by atoms with van der Waals surface area (Å²) >= 11 is 0. The van der Waals surface area contributed by atoms with Crippen LogP contribution >= 0.6 is 0 Å². The molecule has 0 unspecified atom stereocenters. The summed E-state index contributed by atoms with van der Waals surface area (Å²) in [6.45, 7) is 0. The Morgan fingerprint density at radius 2 is 0.955 bits per heavy atom. The molecule has 0 spiro atoms. The zero-order chi connectivity index (χ0) is 16.3. The number of ether oxygens (including phenoxy) is 4. The maximum Gasteiger partial charge on any atom is 0.203 e. The molecule has 0 bridgehead atoms. The highest BCUT2D eigenvalue weighted by atomic mass is 16.5. The summed E-state index contributed by atoms with van der Waals surface area (Å²) < 4.78 is 20.6. The minimum absolute atomic E-state index is 0.0638. The molecule has 0 fully saturated rings. The molecule has 0 aliphatic heterocycles. The van der Waals surface area contributed by atoms with Crippen LogP contribution in [0.4, 0.5) is 0 Å². The zero-order valence-corrected chi connectivity index (χ0v) is 12.8. The van der Waals surface area contributed by atoms with Gasteiger partial charge in [0.1, 0.15) is 0 Å². The third-order valence-corrected chi connectivity index (χ3v) is 3.25. The van der Waals surface area contributed by atoms with Gasteiger partial charge in [-0.25, -0.2) is 0 Å². The molecule has 0 atom stereocenters. The van der Waals surface area contributed by atoms with E-state index in [4.69, 9.17) is 18.9 Å². The Balaban J connectivity index is 2.62. The van der Waals surface area contributed by atoms with Crippen LogP contribution in [0, 0.1) is 0 Å². The summed E-state index contributed by atoms with van der Waals surface area (Å²) in [6, 6.07) is 6.42. The molecule has 0 saturated carbocycles. The van der Waals surface area contributed by atoms with Gasteiger partial charge in [-0.2, -0.15) is 0 Å². The summed E-state index contributed by atoms with van der Waals surface area (Å²) in [5, 5.41) is 20.1. The third kappa shape index (κ3) is 2.67. The summed E-state index contributed by atoms with van der Waals surface area (Å²) in [5.41, 5.74) is 1.26. The van der Waals surface area contributed by atoms with Gasteiger partial charge in [0.25, 0.3) is 0 Å². The highest BCUT2D eigenvalue weighted by molar-refractivity contribution is 5.75. The van der Waals surface area contributed by atoms with Crippen molar-refractivity contribution in [2.75, 3.05) is 28.4 Å². The van der Waals surface area contributed by atoms with E-state index in [0.717, 1.165) is 0 Å². The van der Waals surface area contributed by atoms with Crippen molar-refractivity contribution in [3.05, 3.63) is 24.3 Å². The Morgan fingerprint density at radius 1 is 0.591 bits per heavy atom. The van der Waals surface area contributed by atoms with E-state index in [-0.39, 0.29) is 23.0 Å². The van der Waals surface area contributed by atoms with Crippen molar-refractivity contribution in [2.24, 2.45) is 0 Å². The van der Waals surface area contributed by atoms with Crippen molar-refractivity contribution in [3.8, 4) is 45.6 Å². The van der Waals surface area contributed by atoms with Gasteiger partial charge < -0.3 is 29.2 Å². The normalized spacial score (nSPS) is 10.2. The number of methoxy groups -OCH3 is 4. The Labute approximate surface area is 128 Å². The fourth-order valence-corrected chi connectivity index (χ4v) is 2.22. The van der Waals surface area contributed by atoms with Gasteiger partial charge in [0.05, 0.1) is 28.4 Å². The lowest BCUT2D eigenvalue weighted by Crippen LogP contribution is -1.94. The monoisotopic (exact) mass is 306 g/mol. The predicted octanol–water partition coefficient (Wildman–Crippen LogP) is 2.80. The minimum atomic E-state index is -0.0638. The van der Waals surface area contributed by atoms with E-state index < -0.39 is 0 Å². The van der Waals surface area contributed by atoms with Crippen molar-refractivity contribution >= 4 is 0 Å². The second-order valence-electron chi connectivity index (χ2n) is 4.46. The minimum Gasteiger partial charge on any atom is -0.504 e. The van der Waals surface area contributed by atoms with Crippen molar-refractivity contribution in [3.63, 3.8) is 0 Å². The molecule has 0 heterocycles. The molecule has 6 nitrogen and oxygen atoms in total. The van der Waals surface area contributed by atoms with E-state index in [2.05, 4.69) is 0 Å². The Morgan fingerprint density at radius 3 is 1.23 bits per heavy atom. The lowest BCUT2D eigenvalue weighted by atomic mass is 10.0. The summed E-state index contributed by atoms with van der Waals surface area (Å²) in [7, 11) is 5.85. The van der Waals surface area contributed by atoms with Gasteiger partial charge in [0, 0.05) is 0 Å². The molecule has 0 amide bonds. The van der Waals surface area contributed by atoms with Gasteiger partial charge in [-0.3, -0.25) is 0 Å². The first-order chi connectivity index (χ1) is 10.5. The van der Waals surface area contributed by atoms with Gasteiger partial charge in [-0.05, 0) is 35.4 Å². The molecule has 118 valence electrons. The van der Waals surface area contributed by atoms with Crippen molar-refractivity contribution in [1.29, 1.82) is 0 Å². The van der Waals surface area contributed by atoms with Gasteiger partial charge >= 0.3 is 0 Å². The van der Waals surface area contributed by atoms with Crippen LogP contribution in [-0.2, 0) is 0 Å². The molecule has 22 heavy (non-hydrogen) atoms.